The molecule has 128 valence electrons. The molecule has 1 atom stereocenters. The Hall–Kier alpha value is -2.44. The minimum Gasteiger partial charge on any atom is -0.337 e. The fourth-order valence-corrected chi connectivity index (χ4v) is 2.92. The molecule has 0 bridgehead atoms. The number of likely N-dealkylation sites (tertiary alicyclic amines) is 1. The van der Waals surface area contributed by atoms with E-state index >= 15 is 0 Å². The number of rotatable bonds is 3. The molecule has 0 aromatic carbocycles. The van der Waals surface area contributed by atoms with Crippen LogP contribution in [-0.2, 0) is 0 Å². The van der Waals surface area contributed by atoms with Crippen molar-refractivity contribution >= 4 is 6.03 Å². The molecule has 1 aliphatic heterocycles. The van der Waals surface area contributed by atoms with Crippen LogP contribution in [0, 0.1) is 0 Å². The number of urea groups is 1. The third kappa shape index (κ3) is 3.72. The van der Waals surface area contributed by atoms with Gasteiger partial charge in [-0.3, -0.25) is 4.98 Å². The molecule has 2 aromatic rings. The van der Waals surface area contributed by atoms with Crippen LogP contribution < -0.4 is 5.32 Å². The van der Waals surface area contributed by atoms with Crippen molar-refractivity contribution in [3.05, 3.63) is 30.4 Å². The van der Waals surface area contributed by atoms with E-state index in [1.54, 1.807) is 12.4 Å². The lowest BCUT2D eigenvalue weighted by atomic mass is 10.1. The monoisotopic (exact) mass is 329 g/mol. The summed E-state index contributed by atoms with van der Waals surface area (Å²) < 4.78 is 5.49. The van der Waals surface area contributed by atoms with Crippen LogP contribution in [0.4, 0.5) is 4.79 Å². The van der Waals surface area contributed by atoms with Gasteiger partial charge in [0, 0.05) is 30.5 Å². The number of nitrogens with zero attached hydrogens (tertiary/aromatic N) is 4. The fraction of sp³-hybridized carbons (Fsp3) is 0.529. The van der Waals surface area contributed by atoms with Crippen molar-refractivity contribution in [1.82, 2.24) is 25.3 Å². The highest BCUT2D eigenvalue weighted by Gasteiger charge is 2.31. The van der Waals surface area contributed by atoms with Crippen molar-refractivity contribution in [1.29, 1.82) is 0 Å². The maximum absolute atomic E-state index is 12.5. The molecule has 1 fully saturated rings. The van der Waals surface area contributed by atoms with Gasteiger partial charge in [-0.2, -0.15) is 4.98 Å². The smallest absolute Gasteiger partial charge is 0.318 e. The molecule has 24 heavy (non-hydrogen) atoms. The Morgan fingerprint density at radius 3 is 3.00 bits per heavy atom. The maximum Gasteiger partial charge on any atom is 0.318 e. The van der Waals surface area contributed by atoms with Gasteiger partial charge in [0.2, 0.25) is 11.7 Å². The Kier molecular flexibility index (Phi) is 5.08. The van der Waals surface area contributed by atoms with Crippen LogP contribution in [0.25, 0.3) is 11.4 Å². The number of amides is 2. The van der Waals surface area contributed by atoms with Crippen LogP contribution in [0.15, 0.2) is 29.0 Å². The van der Waals surface area contributed by atoms with E-state index in [2.05, 4.69) is 20.4 Å². The van der Waals surface area contributed by atoms with E-state index in [9.17, 15) is 4.79 Å². The molecule has 3 heterocycles. The molecule has 1 N–H and O–H groups in total. The molecule has 7 nitrogen and oxygen atoms in total. The zero-order chi connectivity index (χ0) is 16.9. The molecule has 0 spiro atoms. The molecule has 0 aliphatic carbocycles. The van der Waals surface area contributed by atoms with Crippen molar-refractivity contribution in [3.8, 4) is 11.4 Å². The Morgan fingerprint density at radius 1 is 1.38 bits per heavy atom. The van der Waals surface area contributed by atoms with Crippen molar-refractivity contribution in [2.45, 2.75) is 51.6 Å². The molecule has 7 heteroatoms. The van der Waals surface area contributed by atoms with E-state index in [1.807, 2.05) is 30.9 Å². The molecule has 2 amide bonds. The second-order valence-electron chi connectivity index (χ2n) is 6.36. The first kappa shape index (κ1) is 16.4. The Bertz CT molecular complexity index is 671. The molecular formula is C17H23N5O2. The quantitative estimate of drug-likeness (QED) is 0.935. The number of hydrogen-bond donors (Lipinski definition) is 1. The Labute approximate surface area is 141 Å². The summed E-state index contributed by atoms with van der Waals surface area (Å²) in [6.07, 6.45) is 7.37. The van der Waals surface area contributed by atoms with Crippen LogP contribution in [0.5, 0.6) is 0 Å². The minimum atomic E-state index is -0.177. The third-order valence-corrected chi connectivity index (χ3v) is 4.07. The molecule has 1 aliphatic rings. The van der Waals surface area contributed by atoms with Gasteiger partial charge in [-0.15, -0.1) is 0 Å². The van der Waals surface area contributed by atoms with Gasteiger partial charge in [0.1, 0.15) is 6.04 Å². The predicted molar refractivity (Wildman–Crippen MR) is 89.1 cm³/mol. The summed E-state index contributed by atoms with van der Waals surface area (Å²) in [5.41, 5.74) is 0.805. The summed E-state index contributed by atoms with van der Waals surface area (Å²) in [7, 11) is 0. The zero-order valence-corrected chi connectivity index (χ0v) is 14.1. The van der Waals surface area contributed by atoms with Crippen molar-refractivity contribution in [2.24, 2.45) is 0 Å². The lowest BCUT2D eigenvalue weighted by Crippen LogP contribution is -2.44. The van der Waals surface area contributed by atoms with Crippen molar-refractivity contribution in [3.63, 3.8) is 0 Å². The molecule has 1 unspecified atom stereocenters. The number of carbonyl (C=O) groups is 1. The number of nitrogens with one attached hydrogen (secondary N) is 1. The van der Waals surface area contributed by atoms with Crippen LogP contribution in [-0.4, -0.2) is 38.6 Å². The summed E-state index contributed by atoms with van der Waals surface area (Å²) >= 11 is 0. The number of pyridine rings is 1. The highest BCUT2D eigenvalue weighted by molar-refractivity contribution is 5.75. The lowest BCUT2D eigenvalue weighted by Gasteiger charge is -2.28. The summed E-state index contributed by atoms with van der Waals surface area (Å²) in [6, 6.07) is 3.56. The summed E-state index contributed by atoms with van der Waals surface area (Å²) in [5, 5.41) is 7.03. The highest BCUT2D eigenvalue weighted by atomic mass is 16.5. The third-order valence-electron chi connectivity index (χ3n) is 4.07. The summed E-state index contributed by atoms with van der Waals surface area (Å²) in [4.78, 5) is 23.0. The van der Waals surface area contributed by atoms with E-state index in [4.69, 9.17) is 4.52 Å². The number of carbonyl (C=O) groups excluding carboxylic acids is 1. The van der Waals surface area contributed by atoms with Crippen LogP contribution in [0.2, 0.25) is 0 Å². The average Bonchev–Trinajstić information content (AvgIpc) is 2.93. The summed E-state index contributed by atoms with van der Waals surface area (Å²) in [6.45, 7) is 4.61. The normalized spacial score (nSPS) is 18.5. The van der Waals surface area contributed by atoms with Crippen molar-refractivity contribution in [2.75, 3.05) is 6.54 Å². The SMILES string of the molecule is CC(C)NC(=O)N1CCCCCC1c1nc(-c2cccnc2)no1. The first-order valence-corrected chi connectivity index (χ1v) is 8.46. The first-order chi connectivity index (χ1) is 11.6. The first-order valence-electron chi connectivity index (χ1n) is 8.46. The topological polar surface area (TPSA) is 84.2 Å². The van der Waals surface area contributed by atoms with Crippen LogP contribution in [0.1, 0.15) is 51.5 Å². The Balaban J connectivity index is 1.84. The van der Waals surface area contributed by atoms with E-state index in [0.717, 1.165) is 31.2 Å². The van der Waals surface area contributed by atoms with Gasteiger partial charge < -0.3 is 14.7 Å². The van der Waals surface area contributed by atoms with Gasteiger partial charge in [0.15, 0.2) is 0 Å². The highest BCUT2D eigenvalue weighted by Crippen LogP contribution is 2.30. The molecule has 3 rings (SSSR count). The van der Waals surface area contributed by atoms with Crippen LogP contribution >= 0.6 is 0 Å². The largest absolute Gasteiger partial charge is 0.337 e. The number of hydrogen-bond acceptors (Lipinski definition) is 5. The summed E-state index contributed by atoms with van der Waals surface area (Å²) in [5.74, 6) is 1.00. The second kappa shape index (κ2) is 7.42. The van der Waals surface area contributed by atoms with Gasteiger partial charge in [0.05, 0.1) is 0 Å². The number of aromatic nitrogens is 3. The molecule has 1 saturated heterocycles. The molecule has 0 radical (unpaired) electrons. The second-order valence-corrected chi connectivity index (χ2v) is 6.36. The van der Waals surface area contributed by atoms with Gasteiger partial charge >= 0.3 is 6.03 Å². The van der Waals surface area contributed by atoms with Gasteiger partial charge in [-0.05, 0) is 38.8 Å². The van der Waals surface area contributed by atoms with E-state index in [-0.39, 0.29) is 18.1 Å². The maximum atomic E-state index is 12.5. The predicted octanol–water partition coefficient (Wildman–Crippen LogP) is 3.17. The lowest BCUT2D eigenvalue weighted by molar-refractivity contribution is 0.157. The van der Waals surface area contributed by atoms with E-state index in [1.165, 1.54) is 0 Å². The van der Waals surface area contributed by atoms with Gasteiger partial charge in [-0.1, -0.05) is 18.0 Å². The standard InChI is InChI=1S/C17H23N5O2/c1-12(2)19-17(23)22-10-5-3-4-8-14(22)16-20-15(21-24-16)13-7-6-9-18-11-13/h6-7,9,11-12,14H,3-5,8,10H2,1-2H3,(H,19,23). The zero-order valence-electron chi connectivity index (χ0n) is 14.1. The average molecular weight is 329 g/mol. The van der Waals surface area contributed by atoms with E-state index < -0.39 is 0 Å². The van der Waals surface area contributed by atoms with Gasteiger partial charge in [-0.25, -0.2) is 4.79 Å². The molecule has 0 saturated carbocycles. The Morgan fingerprint density at radius 2 is 2.25 bits per heavy atom. The molecule has 2 aromatic heterocycles. The van der Waals surface area contributed by atoms with Gasteiger partial charge in [0.25, 0.3) is 0 Å². The van der Waals surface area contributed by atoms with Crippen LogP contribution in [0.3, 0.4) is 0 Å². The van der Waals surface area contributed by atoms with E-state index in [0.29, 0.717) is 18.3 Å². The minimum absolute atomic E-state index is 0.0713. The van der Waals surface area contributed by atoms with Crippen molar-refractivity contribution < 1.29 is 9.32 Å². The molecular weight excluding hydrogens is 306 g/mol. The fourth-order valence-electron chi connectivity index (χ4n) is 2.92.